The Balaban J connectivity index is 2.50. The van der Waals surface area contributed by atoms with Gasteiger partial charge >= 0.3 is 0 Å². The minimum absolute atomic E-state index is 0.212. The number of methoxy groups -OCH3 is 1. The molecule has 3 nitrogen and oxygen atoms in total. The van der Waals surface area contributed by atoms with Gasteiger partial charge in [0, 0.05) is 25.6 Å². The van der Waals surface area contributed by atoms with Crippen molar-refractivity contribution in [2.45, 2.75) is 38.8 Å². The van der Waals surface area contributed by atoms with Gasteiger partial charge in [-0.1, -0.05) is 0 Å². The van der Waals surface area contributed by atoms with E-state index in [0.29, 0.717) is 12.0 Å². The van der Waals surface area contributed by atoms with Crippen molar-refractivity contribution >= 4 is 6.29 Å². The van der Waals surface area contributed by atoms with Crippen molar-refractivity contribution in [3.8, 4) is 0 Å². The maximum absolute atomic E-state index is 10.8. The highest BCUT2D eigenvalue weighted by Crippen LogP contribution is 2.21. The van der Waals surface area contributed by atoms with Crippen LogP contribution in [0.15, 0.2) is 0 Å². The first-order valence-corrected chi connectivity index (χ1v) is 5.41. The fourth-order valence-corrected chi connectivity index (χ4v) is 2.14. The summed E-state index contributed by atoms with van der Waals surface area (Å²) in [6.45, 7) is 6.55. The molecule has 82 valence electrons. The van der Waals surface area contributed by atoms with Gasteiger partial charge in [0.2, 0.25) is 0 Å². The van der Waals surface area contributed by atoms with Crippen LogP contribution in [-0.2, 0) is 9.53 Å². The van der Waals surface area contributed by atoms with Gasteiger partial charge in [-0.15, -0.1) is 0 Å². The number of hydrogen-bond acceptors (Lipinski definition) is 3. The molecule has 0 aromatic heterocycles. The summed E-state index contributed by atoms with van der Waals surface area (Å²) >= 11 is 0. The van der Waals surface area contributed by atoms with Crippen LogP contribution in [0.4, 0.5) is 0 Å². The van der Waals surface area contributed by atoms with Crippen molar-refractivity contribution in [3.63, 3.8) is 0 Å². The van der Waals surface area contributed by atoms with Crippen molar-refractivity contribution in [1.82, 2.24) is 4.90 Å². The van der Waals surface area contributed by atoms with Gasteiger partial charge in [-0.05, 0) is 33.2 Å². The Morgan fingerprint density at radius 1 is 1.50 bits per heavy atom. The largest absolute Gasteiger partial charge is 0.374 e. The Morgan fingerprint density at radius 3 is 2.71 bits per heavy atom. The smallest absolute Gasteiger partial charge is 0.149 e. The monoisotopic (exact) mass is 199 g/mol. The quantitative estimate of drug-likeness (QED) is 0.640. The molecule has 1 fully saturated rings. The molecule has 0 saturated carbocycles. The van der Waals surface area contributed by atoms with Gasteiger partial charge in [-0.25, -0.2) is 0 Å². The van der Waals surface area contributed by atoms with Gasteiger partial charge in [0.15, 0.2) is 0 Å². The van der Waals surface area contributed by atoms with E-state index < -0.39 is 0 Å². The maximum atomic E-state index is 10.8. The molecule has 0 bridgehead atoms. The second-order valence-electron chi connectivity index (χ2n) is 4.33. The third-order valence-corrected chi connectivity index (χ3v) is 3.09. The molecule has 2 unspecified atom stereocenters. The second-order valence-corrected chi connectivity index (χ2v) is 4.33. The zero-order chi connectivity index (χ0) is 10.6. The normalized spacial score (nSPS) is 26.4. The molecule has 0 amide bonds. The number of nitrogens with zero attached hydrogens (tertiary/aromatic N) is 1. The van der Waals surface area contributed by atoms with Crippen LogP contribution in [0.25, 0.3) is 0 Å². The van der Waals surface area contributed by atoms with E-state index in [1.54, 1.807) is 7.11 Å². The first kappa shape index (κ1) is 11.7. The van der Waals surface area contributed by atoms with E-state index in [0.717, 1.165) is 25.8 Å². The fraction of sp³-hybridized carbons (Fsp3) is 0.909. The van der Waals surface area contributed by atoms with Crippen molar-refractivity contribution in [3.05, 3.63) is 0 Å². The molecule has 0 spiro atoms. The lowest BCUT2D eigenvalue weighted by Gasteiger charge is -2.37. The fourth-order valence-electron chi connectivity index (χ4n) is 2.14. The van der Waals surface area contributed by atoms with Crippen LogP contribution >= 0.6 is 0 Å². The number of hydrogen-bond donors (Lipinski definition) is 0. The van der Waals surface area contributed by atoms with Crippen LogP contribution in [0.5, 0.6) is 0 Å². The van der Waals surface area contributed by atoms with E-state index in [1.165, 1.54) is 6.42 Å². The third-order valence-electron chi connectivity index (χ3n) is 3.09. The summed E-state index contributed by atoms with van der Waals surface area (Å²) in [5.41, 5.74) is 0. The average molecular weight is 199 g/mol. The molecule has 2 atom stereocenters. The molecule has 1 rings (SSSR count). The third kappa shape index (κ3) is 2.79. The van der Waals surface area contributed by atoms with Gasteiger partial charge in [0.05, 0.1) is 0 Å². The van der Waals surface area contributed by atoms with Gasteiger partial charge in [0.1, 0.15) is 12.4 Å². The molecule has 1 saturated heterocycles. The average Bonchev–Trinajstić information content (AvgIpc) is 2.20. The summed E-state index contributed by atoms with van der Waals surface area (Å²) in [5.74, 6) is 0.383. The molecule has 1 heterocycles. The second kappa shape index (κ2) is 5.47. The highest BCUT2D eigenvalue weighted by Gasteiger charge is 2.27. The summed E-state index contributed by atoms with van der Waals surface area (Å²) in [6.07, 6.45) is 3.02. The molecule has 0 N–H and O–H groups in total. The van der Waals surface area contributed by atoms with Crippen LogP contribution in [0.1, 0.15) is 26.7 Å². The number of carbonyl (C=O) groups is 1. The van der Waals surface area contributed by atoms with Crippen LogP contribution in [0, 0.1) is 5.92 Å². The number of ether oxygens (including phenoxy) is 1. The lowest BCUT2D eigenvalue weighted by molar-refractivity contribution is -0.120. The minimum atomic E-state index is -0.212. The first-order chi connectivity index (χ1) is 6.69. The number of rotatable bonds is 4. The summed E-state index contributed by atoms with van der Waals surface area (Å²) in [6, 6.07) is 0.571. The van der Waals surface area contributed by atoms with Crippen molar-refractivity contribution in [1.29, 1.82) is 0 Å². The van der Waals surface area contributed by atoms with E-state index in [1.807, 2.05) is 0 Å². The van der Waals surface area contributed by atoms with Gasteiger partial charge in [-0.2, -0.15) is 0 Å². The Kier molecular flexibility index (Phi) is 4.55. The lowest BCUT2D eigenvalue weighted by atomic mass is 9.92. The zero-order valence-electron chi connectivity index (χ0n) is 9.40. The molecule has 1 aliphatic heterocycles. The van der Waals surface area contributed by atoms with Crippen LogP contribution in [0.3, 0.4) is 0 Å². The highest BCUT2D eigenvalue weighted by atomic mass is 16.5. The molecular weight excluding hydrogens is 178 g/mol. The van der Waals surface area contributed by atoms with Crippen molar-refractivity contribution in [2.75, 3.05) is 20.2 Å². The van der Waals surface area contributed by atoms with E-state index in [2.05, 4.69) is 18.7 Å². The summed E-state index contributed by atoms with van der Waals surface area (Å²) in [7, 11) is 1.62. The summed E-state index contributed by atoms with van der Waals surface area (Å²) in [5, 5.41) is 0. The topological polar surface area (TPSA) is 29.5 Å². The van der Waals surface area contributed by atoms with Gasteiger partial charge in [0.25, 0.3) is 0 Å². The SMILES string of the molecule is COC(C=O)C1CCCN(C(C)C)C1. The van der Waals surface area contributed by atoms with Gasteiger partial charge in [-0.3, -0.25) is 0 Å². The number of piperidine rings is 1. The summed E-state index contributed by atoms with van der Waals surface area (Å²) < 4.78 is 5.17. The predicted molar refractivity (Wildman–Crippen MR) is 56.3 cm³/mol. The van der Waals surface area contributed by atoms with E-state index in [4.69, 9.17) is 4.74 Å². The molecule has 0 aromatic carbocycles. The van der Waals surface area contributed by atoms with E-state index in [9.17, 15) is 4.79 Å². The number of aldehydes is 1. The summed E-state index contributed by atoms with van der Waals surface area (Å²) in [4.78, 5) is 13.2. The number of likely N-dealkylation sites (tertiary alicyclic amines) is 1. The Bertz CT molecular complexity index is 182. The van der Waals surface area contributed by atoms with Crippen molar-refractivity contribution in [2.24, 2.45) is 5.92 Å². The molecule has 0 radical (unpaired) electrons. The first-order valence-electron chi connectivity index (χ1n) is 5.41. The van der Waals surface area contributed by atoms with Gasteiger partial charge < -0.3 is 14.4 Å². The molecule has 14 heavy (non-hydrogen) atoms. The minimum Gasteiger partial charge on any atom is -0.374 e. The standard InChI is InChI=1S/C11H21NO2/c1-9(2)12-6-4-5-10(7-12)11(8-13)14-3/h8-11H,4-7H2,1-3H3. The number of carbonyl (C=O) groups excluding carboxylic acids is 1. The molecule has 0 aromatic rings. The maximum Gasteiger partial charge on any atom is 0.149 e. The van der Waals surface area contributed by atoms with Crippen LogP contribution in [-0.4, -0.2) is 43.5 Å². The van der Waals surface area contributed by atoms with Crippen molar-refractivity contribution < 1.29 is 9.53 Å². The van der Waals surface area contributed by atoms with Crippen LogP contribution < -0.4 is 0 Å². The Hall–Kier alpha value is -0.410. The predicted octanol–water partition coefficient (Wildman–Crippen LogP) is 1.32. The Labute approximate surface area is 86.4 Å². The molecule has 3 heteroatoms. The Morgan fingerprint density at radius 2 is 2.21 bits per heavy atom. The molecule has 1 aliphatic rings. The zero-order valence-corrected chi connectivity index (χ0v) is 9.40. The van der Waals surface area contributed by atoms with Crippen LogP contribution in [0.2, 0.25) is 0 Å². The van der Waals surface area contributed by atoms with E-state index in [-0.39, 0.29) is 6.10 Å². The lowest BCUT2D eigenvalue weighted by Crippen LogP contribution is -2.44. The molecule has 0 aliphatic carbocycles. The molecular formula is C11H21NO2. The highest BCUT2D eigenvalue weighted by molar-refractivity contribution is 5.56. The van der Waals surface area contributed by atoms with E-state index >= 15 is 0 Å².